The number of ether oxygens (including phenoxy) is 1. The molecule has 0 fully saturated rings. The van der Waals surface area contributed by atoms with Gasteiger partial charge in [0.2, 0.25) is 0 Å². The standard InChI is InChI=1S/C19H16Cl2N2O4S2/c1-11-7-8-12(22-19(24)13-10-17(20)28-18(13)21)9-16(11)29(25,26)23-14-5-3-4-6-15(14)27-2/h3-10,23H,1-2H3,(H,22,24). The molecule has 0 unspecified atom stereocenters. The first-order valence-corrected chi connectivity index (χ1v) is 11.3. The maximum Gasteiger partial charge on any atom is 0.262 e. The van der Waals surface area contributed by atoms with Gasteiger partial charge in [-0.05, 0) is 42.8 Å². The van der Waals surface area contributed by atoms with E-state index in [1.165, 1.54) is 19.2 Å². The third kappa shape index (κ3) is 4.84. The fraction of sp³-hybridized carbons (Fsp3) is 0.105. The highest BCUT2D eigenvalue weighted by molar-refractivity contribution is 7.92. The molecular weight excluding hydrogens is 455 g/mol. The number of para-hydroxylation sites is 2. The molecule has 1 amide bonds. The molecule has 0 aliphatic heterocycles. The number of amides is 1. The summed E-state index contributed by atoms with van der Waals surface area (Å²) in [6, 6.07) is 12.7. The molecule has 0 atom stereocenters. The van der Waals surface area contributed by atoms with Crippen molar-refractivity contribution in [1.82, 2.24) is 0 Å². The lowest BCUT2D eigenvalue weighted by molar-refractivity contribution is 0.102. The van der Waals surface area contributed by atoms with Crippen molar-refractivity contribution < 1.29 is 17.9 Å². The van der Waals surface area contributed by atoms with E-state index in [9.17, 15) is 13.2 Å². The highest BCUT2D eigenvalue weighted by Crippen LogP contribution is 2.32. The molecule has 0 aliphatic rings. The van der Waals surface area contributed by atoms with Crippen molar-refractivity contribution in [2.24, 2.45) is 0 Å². The number of halogens is 2. The summed E-state index contributed by atoms with van der Waals surface area (Å²) in [6.45, 7) is 1.66. The molecule has 6 nitrogen and oxygen atoms in total. The molecule has 0 spiro atoms. The summed E-state index contributed by atoms with van der Waals surface area (Å²) < 4.78 is 34.2. The van der Waals surface area contributed by atoms with Gasteiger partial charge in [0.1, 0.15) is 10.1 Å². The average Bonchev–Trinajstić information content (AvgIpc) is 3.01. The van der Waals surface area contributed by atoms with Gasteiger partial charge in [0, 0.05) is 5.69 Å². The van der Waals surface area contributed by atoms with Crippen molar-refractivity contribution in [3.05, 3.63) is 68.3 Å². The molecule has 152 valence electrons. The molecule has 0 radical (unpaired) electrons. The minimum absolute atomic E-state index is 0.0238. The number of carbonyl (C=O) groups excluding carboxylic acids is 1. The lowest BCUT2D eigenvalue weighted by atomic mass is 10.2. The van der Waals surface area contributed by atoms with E-state index < -0.39 is 15.9 Å². The number of hydrogen-bond acceptors (Lipinski definition) is 5. The van der Waals surface area contributed by atoms with Crippen LogP contribution in [0.15, 0.2) is 53.4 Å². The maximum absolute atomic E-state index is 12.9. The number of nitrogens with one attached hydrogen (secondary N) is 2. The van der Waals surface area contributed by atoms with E-state index >= 15 is 0 Å². The summed E-state index contributed by atoms with van der Waals surface area (Å²) in [5.74, 6) is -0.0924. The van der Waals surface area contributed by atoms with Crippen LogP contribution in [0.4, 0.5) is 11.4 Å². The van der Waals surface area contributed by atoms with Gasteiger partial charge in [-0.2, -0.15) is 0 Å². The van der Waals surface area contributed by atoms with E-state index in [-0.39, 0.29) is 14.8 Å². The Balaban J connectivity index is 1.90. The quantitative estimate of drug-likeness (QED) is 0.503. The van der Waals surface area contributed by atoms with Gasteiger partial charge < -0.3 is 10.1 Å². The number of aryl methyl sites for hydroxylation is 1. The number of anilines is 2. The zero-order chi connectivity index (χ0) is 21.2. The van der Waals surface area contributed by atoms with Gasteiger partial charge in [-0.3, -0.25) is 9.52 Å². The second-order valence-electron chi connectivity index (χ2n) is 5.98. The number of hydrogen-bond donors (Lipinski definition) is 2. The van der Waals surface area contributed by atoms with Crippen LogP contribution in [-0.2, 0) is 10.0 Å². The van der Waals surface area contributed by atoms with Crippen LogP contribution in [-0.4, -0.2) is 21.4 Å². The molecule has 1 aromatic heterocycles. The molecule has 0 bridgehead atoms. The van der Waals surface area contributed by atoms with Crippen molar-refractivity contribution in [1.29, 1.82) is 0 Å². The fourth-order valence-corrected chi connectivity index (χ4v) is 5.39. The number of thiophene rings is 1. The van der Waals surface area contributed by atoms with Crippen LogP contribution in [0.5, 0.6) is 5.75 Å². The normalized spacial score (nSPS) is 11.2. The van der Waals surface area contributed by atoms with Crippen LogP contribution >= 0.6 is 34.5 Å². The SMILES string of the molecule is COc1ccccc1NS(=O)(=O)c1cc(NC(=O)c2cc(Cl)sc2Cl)ccc1C. The zero-order valence-electron chi connectivity index (χ0n) is 15.3. The molecule has 3 rings (SSSR count). The Kier molecular flexibility index (Phi) is 6.38. The van der Waals surface area contributed by atoms with E-state index in [0.717, 1.165) is 11.3 Å². The minimum Gasteiger partial charge on any atom is -0.495 e. The predicted octanol–water partition coefficient (Wildman–Crippen LogP) is 5.43. The van der Waals surface area contributed by atoms with Crippen LogP contribution in [0.1, 0.15) is 15.9 Å². The maximum atomic E-state index is 12.9. The molecule has 1 heterocycles. The smallest absolute Gasteiger partial charge is 0.262 e. The van der Waals surface area contributed by atoms with Crippen molar-refractivity contribution in [2.75, 3.05) is 17.1 Å². The topological polar surface area (TPSA) is 84.5 Å². The molecule has 2 N–H and O–H groups in total. The Labute approximate surface area is 182 Å². The molecule has 29 heavy (non-hydrogen) atoms. The van der Waals surface area contributed by atoms with E-state index in [1.807, 2.05) is 0 Å². The van der Waals surface area contributed by atoms with Gasteiger partial charge in [-0.25, -0.2) is 8.42 Å². The Bertz CT molecular complexity index is 1180. The lowest BCUT2D eigenvalue weighted by Gasteiger charge is -2.14. The second kappa shape index (κ2) is 8.62. The van der Waals surface area contributed by atoms with Gasteiger partial charge in [-0.15, -0.1) is 11.3 Å². The van der Waals surface area contributed by atoms with E-state index in [4.69, 9.17) is 27.9 Å². The van der Waals surface area contributed by atoms with Crippen LogP contribution in [0, 0.1) is 6.92 Å². The number of sulfonamides is 1. The van der Waals surface area contributed by atoms with Crippen molar-refractivity contribution >= 4 is 61.8 Å². The van der Waals surface area contributed by atoms with E-state index in [2.05, 4.69) is 10.0 Å². The summed E-state index contributed by atoms with van der Waals surface area (Å²) in [5, 5.41) is 2.65. The van der Waals surface area contributed by atoms with Crippen molar-refractivity contribution in [3.8, 4) is 5.75 Å². The monoisotopic (exact) mass is 470 g/mol. The van der Waals surface area contributed by atoms with E-state index in [0.29, 0.717) is 27.0 Å². The Morgan fingerprint density at radius 2 is 1.83 bits per heavy atom. The van der Waals surface area contributed by atoms with E-state index in [1.54, 1.807) is 43.3 Å². The number of benzene rings is 2. The summed E-state index contributed by atoms with van der Waals surface area (Å²) in [7, 11) is -2.48. The van der Waals surface area contributed by atoms with Gasteiger partial charge in [-0.1, -0.05) is 41.4 Å². The number of methoxy groups -OCH3 is 1. The average molecular weight is 471 g/mol. The summed E-state index contributed by atoms with van der Waals surface area (Å²) in [6.07, 6.45) is 0. The first kappa shape index (κ1) is 21.4. The van der Waals surface area contributed by atoms with Crippen LogP contribution in [0.25, 0.3) is 0 Å². The molecule has 0 saturated heterocycles. The van der Waals surface area contributed by atoms with Crippen LogP contribution in [0.2, 0.25) is 8.67 Å². The molecule has 3 aromatic rings. The molecule has 0 aliphatic carbocycles. The summed E-state index contributed by atoms with van der Waals surface area (Å²) in [5.41, 5.74) is 1.35. The van der Waals surface area contributed by atoms with Gasteiger partial charge in [0.15, 0.2) is 0 Å². The zero-order valence-corrected chi connectivity index (χ0v) is 18.5. The summed E-state index contributed by atoms with van der Waals surface area (Å²) >= 11 is 13.0. The highest BCUT2D eigenvalue weighted by Gasteiger charge is 2.21. The first-order valence-electron chi connectivity index (χ1n) is 8.24. The minimum atomic E-state index is -3.93. The molecule has 0 saturated carbocycles. The fourth-order valence-electron chi connectivity index (χ4n) is 2.59. The third-order valence-electron chi connectivity index (χ3n) is 3.99. The van der Waals surface area contributed by atoms with Crippen LogP contribution in [0.3, 0.4) is 0 Å². The third-order valence-corrected chi connectivity index (χ3v) is 6.98. The van der Waals surface area contributed by atoms with Crippen LogP contribution < -0.4 is 14.8 Å². The predicted molar refractivity (Wildman–Crippen MR) is 117 cm³/mol. The molecule has 2 aromatic carbocycles. The highest BCUT2D eigenvalue weighted by atomic mass is 35.5. The Morgan fingerprint density at radius 3 is 2.48 bits per heavy atom. The second-order valence-corrected chi connectivity index (χ2v) is 9.91. The van der Waals surface area contributed by atoms with Crippen molar-refractivity contribution in [2.45, 2.75) is 11.8 Å². The number of rotatable bonds is 6. The lowest BCUT2D eigenvalue weighted by Crippen LogP contribution is -2.16. The van der Waals surface area contributed by atoms with Gasteiger partial charge >= 0.3 is 0 Å². The summed E-state index contributed by atoms with van der Waals surface area (Å²) in [4.78, 5) is 12.5. The molecular formula is C19H16Cl2N2O4S2. The Morgan fingerprint density at radius 1 is 1.10 bits per heavy atom. The van der Waals surface area contributed by atoms with Crippen molar-refractivity contribution in [3.63, 3.8) is 0 Å². The van der Waals surface area contributed by atoms with Gasteiger partial charge in [0.05, 0.1) is 27.6 Å². The Hall–Kier alpha value is -2.26. The van der Waals surface area contributed by atoms with Gasteiger partial charge in [0.25, 0.3) is 15.9 Å². The number of carbonyl (C=O) groups is 1. The first-order chi connectivity index (χ1) is 13.7. The molecule has 10 heteroatoms. The largest absolute Gasteiger partial charge is 0.495 e.